The van der Waals surface area contributed by atoms with Crippen molar-refractivity contribution in [1.29, 1.82) is 0 Å². The molecule has 1 N–H and O–H groups in total. The Morgan fingerprint density at radius 3 is 2.60 bits per heavy atom. The molecule has 0 aromatic carbocycles. The zero-order valence-corrected chi connectivity index (χ0v) is 17.2. The maximum Gasteiger partial charge on any atom is 0.267 e. The normalized spacial score (nSPS) is 20.7. The van der Waals surface area contributed by atoms with Gasteiger partial charge in [-0.3, -0.25) is 9.78 Å². The van der Waals surface area contributed by atoms with Crippen molar-refractivity contribution in [2.24, 2.45) is 0 Å². The predicted octanol–water partition coefficient (Wildman–Crippen LogP) is 3.49. The number of hydrogen-bond acceptors (Lipinski definition) is 6. The summed E-state index contributed by atoms with van der Waals surface area (Å²) < 4.78 is 1.68. The number of hydrogen-bond donors (Lipinski definition) is 1. The minimum atomic E-state index is -0.0338. The molecule has 7 nitrogen and oxygen atoms in total. The lowest BCUT2D eigenvalue weighted by Crippen LogP contribution is -2.33. The Kier molecular flexibility index (Phi) is 5.02. The van der Waals surface area contributed by atoms with Gasteiger partial charge in [0.2, 0.25) is 0 Å². The summed E-state index contributed by atoms with van der Waals surface area (Å²) in [6, 6.07) is 7.76. The molecule has 0 amide bonds. The largest absolute Gasteiger partial charge is 0.367 e. The molecule has 2 aliphatic rings. The lowest BCUT2D eigenvalue weighted by molar-refractivity contribution is 0.304. The Hall–Kier alpha value is -3.09. The van der Waals surface area contributed by atoms with Crippen molar-refractivity contribution in [3.05, 3.63) is 64.1 Å². The summed E-state index contributed by atoms with van der Waals surface area (Å²) in [7, 11) is 0. The first kappa shape index (κ1) is 18.9. The SMILES string of the molecule is Cc1nc2c(c(NC3CCC(n4nc(-c5ccncc5)ccc4=O)CC3)n1)CCC2. The third-order valence-electron chi connectivity index (χ3n) is 6.23. The Balaban J connectivity index is 1.30. The number of aryl methyl sites for hydroxylation is 2. The molecule has 3 heterocycles. The smallest absolute Gasteiger partial charge is 0.267 e. The van der Waals surface area contributed by atoms with Crippen LogP contribution >= 0.6 is 0 Å². The van der Waals surface area contributed by atoms with Gasteiger partial charge < -0.3 is 5.32 Å². The average molecular weight is 403 g/mol. The van der Waals surface area contributed by atoms with Gasteiger partial charge >= 0.3 is 0 Å². The first-order valence-electron chi connectivity index (χ1n) is 10.8. The molecule has 0 unspecified atom stereocenters. The van der Waals surface area contributed by atoms with Crippen LogP contribution in [0.5, 0.6) is 0 Å². The van der Waals surface area contributed by atoms with Crippen molar-refractivity contribution in [2.75, 3.05) is 5.32 Å². The van der Waals surface area contributed by atoms with Gasteiger partial charge in [-0.05, 0) is 70.1 Å². The quantitative estimate of drug-likeness (QED) is 0.719. The number of anilines is 1. The molecule has 1 saturated carbocycles. The van der Waals surface area contributed by atoms with Crippen molar-refractivity contribution < 1.29 is 0 Å². The molecule has 0 aliphatic heterocycles. The van der Waals surface area contributed by atoms with Gasteiger partial charge in [-0.15, -0.1) is 0 Å². The minimum Gasteiger partial charge on any atom is -0.367 e. The van der Waals surface area contributed by atoms with E-state index in [1.165, 1.54) is 11.3 Å². The molecular weight excluding hydrogens is 376 g/mol. The lowest BCUT2D eigenvalue weighted by Gasteiger charge is -2.30. The average Bonchev–Trinajstić information content (AvgIpc) is 3.24. The summed E-state index contributed by atoms with van der Waals surface area (Å²) >= 11 is 0. The molecule has 2 aliphatic carbocycles. The Morgan fingerprint density at radius 2 is 1.80 bits per heavy atom. The van der Waals surface area contributed by atoms with Crippen molar-refractivity contribution in [1.82, 2.24) is 24.7 Å². The molecule has 3 aromatic rings. The van der Waals surface area contributed by atoms with E-state index in [2.05, 4.69) is 25.4 Å². The Morgan fingerprint density at radius 1 is 1.00 bits per heavy atom. The summed E-state index contributed by atoms with van der Waals surface area (Å²) in [5.41, 5.74) is 4.26. The van der Waals surface area contributed by atoms with E-state index in [1.807, 2.05) is 19.1 Å². The van der Waals surface area contributed by atoms with Crippen LogP contribution in [0.1, 0.15) is 55.2 Å². The molecule has 0 radical (unpaired) electrons. The maximum absolute atomic E-state index is 12.5. The van der Waals surface area contributed by atoms with Crippen LogP contribution in [-0.4, -0.2) is 30.8 Å². The van der Waals surface area contributed by atoms with E-state index in [0.29, 0.717) is 6.04 Å². The highest BCUT2D eigenvalue weighted by atomic mass is 16.1. The van der Waals surface area contributed by atoms with Crippen molar-refractivity contribution in [2.45, 2.75) is 64.0 Å². The third kappa shape index (κ3) is 3.72. The Labute approximate surface area is 175 Å². The third-order valence-corrected chi connectivity index (χ3v) is 6.23. The summed E-state index contributed by atoms with van der Waals surface area (Å²) in [6.07, 6.45) is 10.6. The van der Waals surface area contributed by atoms with E-state index in [1.54, 1.807) is 29.2 Å². The van der Waals surface area contributed by atoms with E-state index < -0.39 is 0 Å². The van der Waals surface area contributed by atoms with Crippen LogP contribution in [0.2, 0.25) is 0 Å². The molecule has 3 aromatic heterocycles. The summed E-state index contributed by atoms with van der Waals surface area (Å²) in [5, 5.41) is 8.35. The maximum atomic E-state index is 12.5. The highest BCUT2D eigenvalue weighted by molar-refractivity contribution is 5.57. The van der Waals surface area contributed by atoms with E-state index in [0.717, 1.165) is 67.8 Å². The zero-order valence-electron chi connectivity index (χ0n) is 17.2. The standard InChI is InChI=1S/C23H26N6O/c1-15-25-21-4-2-3-19(21)23(26-15)27-17-5-7-18(8-6-17)29-22(30)10-9-20(28-29)16-11-13-24-14-12-16/h9-14,17-18H,2-8H2,1H3,(H,25,26,27). The van der Waals surface area contributed by atoms with Crippen LogP contribution in [0.15, 0.2) is 41.5 Å². The first-order chi connectivity index (χ1) is 14.7. The van der Waals surface area contributed by atoms with Gasteiger partial charge in [-0.1, -0.05) is 0 Å². The van der Waals surface area contributed by atoms with Gasteiger partial charge in [0.15, 0.2) is 0 Å². The monoisotopic (exact) mass is 402 g/mol. The number of aromatic nitrogens is 5. The number of fused-ring (bicyclic) bond motifs is 1. The molecular formula is C23H26N6O. The van der Waals surface area contributed by atoms with Crippen LogP contribution in [0.3, 0.4) is 0 Å². The molecule has 154 valence electrons. The fraction of sp³-hybridized carbons (Fsp3) is 0.435. The fourth-order valence-corrected chi connectivity index (χ4v) is 4.70. The van der Waals surface area contributed by atoms with Gasteiger partial charge in [0.25, 0.3) is 5.56 Å². The van der Waals surface area contributed by atoms with Crippen molar-refractivity contribution in [3.8, 4) is 11.3 Å². The van der Waals surface area contributed by atoms with Gasteiger partial charge in [0.1, 0.15) is 11.6 Å². The molecule has 30 heavy (non-hydrogen) atoms. The van der Waals surface area contributed by atoms with Gasteiger partial charge in [-0.25, -0.2) is 14.6 Å². The molecule has 0 saturated heterocycles. The second-order valence-electron chi connectivity index (χ2n) is 8.29. The molecule has 7 heteroatoms. The van der Waals surface area contributed by atoms with Gasteiger partial charge in [-0.2, -0.15) is 5.10 Å². The summed E-state index contributed by atoms with van der Waals surface area (Å²) in [5.74, 6) is 1.86. The molecule has 1 fully saturated rings. The molecule has 0 spiro atoms. The summed E-state index contributed by atoms with van der Waals surface area (Å²) in [4.78, 5) is 25.8. The van der Waals surface area contributed by atoms with Crippen molar-refractivity contribution in [3.63, 3.8) is 0 Å². The Bertz CT molecular complexity index is 1100. The highest BCUT2D eigenvalue weighted by Gasteiger charge is 2.26. The van der Waals surface area contributed by atoms with Gasteiger partial charge in [0, 0.05) is 41.3 Å². The number of nitrogens with one attached hydrogen (secondary N) is 1. The van der Waals surface area contributed by atoms with E-state index in [-0.39, 0.29) is 11.6 Å². The van der Waals surface area contributed by atoms with Crippen LogP contribution in [-0.2, 0) is 12.8 Å². The van der Waals surface area contributed by atoms with Crippen LogP contribution in [0.4, 0.5) is 5.82 Å². The highest BCUT2D eigenvalue weighted by Crippen LogP contribution is 2.32. The van der Waals surface area contributed by atoms with E-state index in [9.17, 15) is 4.79 Å². The number of pyridine rings is 1. The second-order valence-corrected chi connectivity index (χ2v) is 8.29. The van der Waals surface area contributed by atoms with Gasteiger partial charge in [0.05, 0.1) is 11.7 Å². The van der Waals surface area contributed by atoms with E-state index >= 15 is 0 Å². The lowest BCUT2D eigenvalue weighted by atomic mass is 9.91. The fourth-order valence-electron chi connectivity index (χ4n) is 4.70. The predicted molar refractivity (Wildman–Crippen MR) is 115 cm³/mol. The molecule has 0 atom stereocenters. The minimum absolute atomic E-state index is 0.0338. The van der Waals surface area contributed by atoms with E-state index in [4.69, 9.17) is 0 Å². The summed E-state index contributed by atoms with van der Waals surface area (Å²) in [6.45, 7) is 1.97. The topological polar surface area (TPSA) is 85.6 Å². The molecule has 0 bridgehead atoms. The first-order valence-corrected chi connectivity index (χ1v) is 10.8. The van der Waals surface area contributed by atoms with Crippen molar-refractivity contribution >= 4 is 5.82 Å². The zero-order chi connectivity index (χ0) is 20.5. The van der Waals surface area contributed by atoms with Crippen LogP contribution in [0, 0.1) is 6.92 Å². The number of rotatable bonds is 4. The van der Waals surface area contributed by atoms with Crippen LogP contribution in [0.25, 0.3) is 11.3 Å². The van der Waals surface area contributed by atoms with Crippen LogP contribution < -0.4 is 10.9 Å². The number of nitrogens with zero attached hydrogens (tertiary/aromatic N) is 5. The second kappa shape index (κ2) is 7.97. The molecule has 5 rings (SSSR count).